The largest absolute Gasteiger partial charge is 0.384 e. The lowest BCUT2D eigenvalue weighted by atomic mass is 10.1. The number of hydrogen-bond acceptors (Lipinski definition) is 1. The molecule has 1 aromatic rings. The van der Waals surface area contributed by atoms with Gasteiger partial charge in [0.15, 0.2) is 0 Å². The van der Waals surface area contributed by atoms with Crippen molar-refractivity contribution >= 4 is 11.5 Å². The second-order valence-electron chi connectivity index (χ2n) is 3.33. The zero-order valence-corrected chi connectivity index (χ0v) is 8.91. The molecule has 0 aliphatic rings. The number of aliphatic imine (C=N–C) groups is 1. The summed E-state index contributed by atoms with van der Waals surface area (Å²) in [5.74, 6) is 0.543. The molecule has 0 atom stereocenters. The van der Waals surface area contributed by atoms with Crippen LogP contribution in [-0.4, -0.2) is 5.84 Å². The van der Waals surface area contributed by atoms with Crippen LogP contribution in [0.4, 0.5) is 5.69 Å². The third kappa shape index (κ3) is 2.73. The number of hydrogen-bond donors (Lipinski definition) is 1. The lowest BCUT2D eigenvalue weighted by molar-refractivity contribution is 1.34. The Morgan fingerprint density at radius 2 is 2.07 bits per heavy atom. The molecule has 0 aromatic heterocycles. The summed E-state index contributed by atoms with van der Waals surface area (Å²) < 4.78 is 0. The molecule has 1 rings (SSSR count). The first-order valence-corrected chi connectivity index (χ1v) is 4.67. The summed E-state index contributed by atoms with van der Waals surface area (Å²) in [5, 5.41) is 0. The van der Waals surface area contributed by atoms with Crippen molar-refractivity contribution in [3.05, 3.63) is 41.5 Å². The summed E-state index contributed by atoms with van der Waals surface area (Å²) in [6.07, 6.45) is 3.67. The Morgan fingerprint density at radius 1 is 1.36 bits per heavy atom. The van der Waals surface area contributed by atoms with Crippen LogP contribution in [-0.2, 0) is 0 Å². The van der Waals surface area contributed by atoms with Gasteiger partial charge in [-0.1, -0.05) is 18.2 Å². The van der Waals surface area contributed by atoms with Crippen molar-refractivity contribution in [2.45, 2.75) is 20.8 Å². The van der Waals surface area contributed by atoms with Gasteiger partial charge < -0.3 is 5.73 Å². The number of amidine groups is 1. The van der Waals surface area contributed by atoms with E-state index in [1.807, 2.05) is 32.9 Å². The Labute approximate surface area is 85.2 Å². The maximum atomic E-state index is 5.70. The van der Waals surface area contributed by atoms with Gasteiger partial charge in [-0.2, -0.15) is 0 Å². The van der Waals surface area contributed by atoms with Crippen LogP contribution in [0.5, 0.6) is 0 Å². The zero-order valence-electron chi connectivity index (χ0n) is 8.91. The Bertz CT molecular complexity index is 376. The molecule has 1 aromatic carbocycles. The second-order valence-corrected chi connectivity index (χ2v) is 3.33. The summed E-state index contributed by atoms with van der Waals surface area (Å²) in [5.41, 5.74) is 8.98. The van der Waals surface area contributed by atoms with Crippen molar-refractivity contribution in [3.63, 3.8) is 0 Å². The molecule has 0 saturated carbocycles. The van der Waals surface area contributed by atoms with E-state index < -0.39 is 0 Å². The molecule has 0 aliphatic carbocycles. The van der Waals surface area contributed by atoms with E-state index in [9.17, 15) is 0 Å². The van der Waals surface area contributed by atoms with Crippen LogP contribution in [0, 0.1) is 13.8 Å². The topological polar surface area (TPSA) is 38.4 Å². The van der Waals surface area contributed by atoms with Crippen LogP contribution in [0.15, 0.2) is 35.3 Å². The van der Waals surface area contributed by atoms with Crippen molar-refractivity contribution in [1.29, 1.82) is 0 Å². The molecule has 0 amide bonds. The number of nitrogens with two attached hydrogens (primary N) is 1. The molecule has 0 aliphatic heterocycles. The van der Waals surface area contributed by atoms with E-state index in [0.717, 1.165) is 11.3 Å². The number of benzene rings is 1. The van der Waals surface area contributed by atoms with Gasteiger partial charge in [-0.05, 0) is 44.0 Å². The fraction of sp³-hybridized carbons (Fsp3) is 0.250. The minimum atomic E-state index is 0.543. The lowest BCUT2D eigenvalue weighted by Crippen LogP contribution is -2.06. The monoisotopic (exact) mass is 188 g/mol. The molecule has 0 bridgehead atoms. The zero-order chi connectivity index (χ0) is 10.6. The van der Waals surface area contributed by atoms with E-state index >= 15 is 0 Å². The van der Waals surface area contributed by atoms with Gasteiger partial charge in [0.1, 0.15) is 5.84 Å². The summed E-state index contributed by atoms with van der Waals surface area (Å²) in [7, 11) is 0. The van der Waals surface area contributed by atoms with Crippen LogP contribution in [0.3, 0.4) is 0 Å². The molecule has 0 unspecified atom stereocenters. The molecular formula is C12H16N2. The summed E-state index contributed by atoms with van der Waals surface area (Å²) in [6.45, 7) is 6.00. The van der Waals surface area contributed by atoms with Gasteiger partial charge in [0.25, 0.3) is 0 Å². The van der Waals surface area contributed by atoms with E-state index in [4.69, 9.17) is 5.73 Å². The molecule has 2 heteroatoms. The van der Waals surface area contributed by atoms with E-state index in [2.05, 4.69) is 17.1 Å². The van der Waals surface area contributed by atoms with Crippen molar-refractivity contribution < 1.29 is 0 Å². The van der Waals surface area contributed by atoms with Gasteiger partial charge in [0.2, 0.25) is 0 Å². The molecule has 0 radical (unpaired) electrons. The Balaban J connectivity index is 3.07. The van der Waals surface area contributed by atoms with E-state index in [0.29, 0.717) is 5.84 Å². The fourth-order valence-electron chi connectivity index (χ4n) is 1.19. The molecule has 0 fully saturated rings. The average molecular weight is 188 g/mol. The number of rotatable bonds is 2. The maximum absolute atomic E-state index is 5.70. The van der Waals surface area contributed by atoms with Crippen LogP contribution in [0.1, 0.15) is 18.1 Å². The highest BCUT2D eigenvalue weighted by atomic mass is 14.8. The first kappa shape index (κ1) is 10.5. The first-order valence-electron chi connectivity index (χ1n) is 4.67. The summed E-state index contributed by atoms with van der Waals surface area (Å²) in [4.78, 5) is 4.32. The lowest BCUT2D eigenvalue weighted by Gasteiger charge is -2.01. The average Bonchev–Trinajstić information content (AvgIpc) is 2.12. The maximum Gasteiger partial charge on any atom is 0.123 e. The van der Waals surface area contributed by atoms with Crippen LogP contribution < -0.4 is 5.73 Å². The van der Waals surface area contributed by atoms with Gasteiger partial charge in [-0.25, -0.2) is 4.99 Å². The first-order chi connectivity index (χ1) is 6.63. The Hall–Kier alpha value is -1.57. The molecule has 2 N–H and O–H groups in total. The molecular weight excluding hydrogens is 172 g/mol. The Morgan fingerprint density at radius 3 is 2.71 bits per heavy atom. The second kappa shape index (κ2) is 4.61. The molecule has 0 saturated heterocycles. The predicted octanol–water partition coefficient (Wildman–Crippen LogP) is 2.87. The van der Waals surface area contributed by atoms with Crippen molar-refractivity contribution in [3.8, 4) is 0 Å². The highest BCUT2D eigenvalue weighted by molar-refractivity contribution is 5.93. The van der Waals surface area contributed by atoms with Crippen molar-refractivity contribution in [2.24, 2.45) is 10.7 Å². The molecule has 74 valence electrons. The van der Waals surface area contributed by atoms with Crippen LogP contribution >= 0.6 is 0 Å². The van der Waals surface area contributed by atoms with Crippen molar-refractivity contribution in [1.82, 2.24) is 0 Å². The van der Waals surface area contributed by atoms with E-state index in [1.54, 1.807) is 6.08 Å². The van der Waals surface area contributed by atoms with Gasteiger partial charge in [-0.15, -0.1) is 0 Å². The third-order valence-electron chi connectivity index (χ3n) is 1.95. The van der Waals surface area contributed by atoms with Gasteiger partial charge in [0, 0.05) is 0 Å². The number of allylic oxidation sites excluding steroid dienone is 1. The number of nitrogens with zero attached hydrogens (tertiary/aromatic N) is 1. The summed E-state index contributed by atoms with van der Waals surface area (Å²) in [6, 6.07) is 6.16. The quantitative estimate of drug-likeness (QED) is 0.562. The predicted molar refractivity (Wildman–Crippen MR) is 62.0 cm³/mol. The fourth-order valence-corrected chi connectivity index (χ4v) is 1.19. The Kier molecular flexibility index (Phi) is 3.46. The third-order valence-corrected chi connectivity index (χ3v) is 1.95. The molecule has 14 heavy (non-hydrogen) atoms. The molecule has 0 spiro atoms. The van der Waals surface area contributed by atoms with Crippen molar-refractivity contribution in [2.75, 3.05) is 0 Å². The normalized spacial score (nSPS) is 12.4. The highest BCUT2D eigenvalue weighted by Crippen LogP contribution is 2.19. The minimum Gasteiger partial charge on any atom is -0.384 e. The van der Waals surface area contributed by atoms with Gasteiger partial charge in [0.05, 0.1) is 5.69 Å². The number of aryl methyl sites for hydroxylation is 2. The SMILES string of the molecule is C/C=C\C(N)=Nc1cc(C)ccc1C. The van der Waals surface area contributed by atoms with E-state index in [1.165, 1.54) is 5.56 Å². The minimum absolute atomic E-state index is 0.543. The standard InChI is InChI=1S/C12H16N2/c1-4-5-12(13)14-11-8-9(2)6-7-10(11)3/h4-8H,1-3H3,(H2,13,14)/b5-4-. The molecule has 2 nitrogen and oxygen atoms in total. The highest BCUT2D eigenvalue weighted by Gasteiger charge is 1.96. The van der Waals surface area contributed by atoms with Crippen LogP contribution in [0.2, 0.25) is 0 Å². The van der Waals surface area contributed by atoms with E-state index in [-0.39, 0.29) is 0 Å². The smallest absolute Gasteiger partial charge is 0.123 e. The van der Waals surface area contributed by atoms with Gasteiger partial charge in [-0.3, -0.25) is 0 Å². The summed E-state index contributed by atoms with van der Waals surface area (Å²) >= 11 is 0. The van der Waals surface area contributed by atoms with Crippen LogP contribution in [0.25, 0.3) is 0 Å². The molecule has 0 heterocycles. The van der Waals surface area contributed by atoms with Gasteiger partial charge >= 0.3 is 0 Å².